The molecular weight excluding hydrogens is 418 g/mol. The Kier molecular flexibility index (Phi) is 6.58. The summed E-state index contributed by atoms with van der Waals surface area (Å²) in [5.41, 5.74) is 2.73. The van der Waals surface area contributed by atoms with Gasteiger partial charge in [0.25, 0.3) is 0 Å². The molecule has 0 radical (unpaired) electrons. The number of aliphatic hydroxyl groups excluding tert-OH is 1. The second-order valence-corrected chi connectivity index (χ2v) is 8.84. The zero-order chi connectivity index (χ0) is 22.6. The molecule has 5 rings (SSSR count). The first kappa shape index (κ1) is 21.9. The van der Waals surface area contributed by atoms with Crippen LogP contribution in [0.3, 0.4) is 0 Å². The highest BCUT2D eigenvalue weighted by Crippen LogP contribution is 2.27. The normalized spacial score (nSPS) is 23.4. The zero-order valence-electron chi connectivity index (χ0n) is 18.8. The van der Waals surface area contributed by atoms with Gasteiger partial charge in [-0.25, -0.2) is 4.98 Å². The monoisotopic (exact) mass is 447 g/mol. The number of ether oxygens (including phenoxy) is 2. The van der Waals surface area contributed by atoms with Crippen molar-refractivity contribution in [2.75, 3.05) is 6.61 Å². The van der Waals surface area contributed by atoms with E-state index in [9.17, 15) is 5.11 Å². The van der Waals surface area contributed by atoms with Crippen LogP contribution in [0, 0.1) is 17.8 Å². The van der Waals surface area contributed by atoms with Gasteiger partial charge in [0.05, 0.1) is 12.6 Å². The number of benzene rings is 1. The van der Waals surface area contributed by atoms with Gasteiger partial charge in [-0.15, -0.1) is 0 Å². The van der Waals surface area contributed by atoms with Crippen molar-refractivity contribution in [3.05, 3.63) is 59.8 Å². The molecule has 33 heavy (non-hydrogen) atoms. The van der Waals surface area contributed by atoms with Crippen LogP contribution in [-0.4, -0.2) is 38.8 Å². The van der Waals surface area contributed by atoms with Crippen molar-refractivity contribution in [2.45, 2.75) is 64.1 Å². The van der Waals surface area contributed by atoms with Crippen LogP contribution in [-0.2, 0) is 16.0 Å². The summed E-state index contributed by atoms with van der Waals surface area (Å²) in [4.78, 5) is 4.49. The van der Waals surface area contributed by atoms with Gasteiger partial charge in [-0.1, -0.05) is 17.0 Å². The van der Waals surface area contributed by atoms with Gasteiger partial charge in [-0.2, -0.15) is 0 Å². The number of hydrogen-bond acceptors (Lipinski definition) is 6. The Balaban J connectivity index is 1.21. The van der Waals surface area contributed by atoms with Crippen LogP contribution in [0.2, 0.25) is 0 Å². The van der Waals surface area contributed by atoms with Gasteiger partial charge in [0.2, 0.25) is 0 Å². The highest BCUT2D eigenvalue weighted by Gasteiger charge is 2.25. The molecule has 7 heteroatoms. The summed E-state index contributed by atoms with van der Waals surface area (Å²) in [6, 6.07) is 9.91. The van der Waals surface area contributed by atoms with Gasteiger partial charge in [-0.05, 0) is 63.3 Å². The second-order valence-electron chi connectivity index (χ2n) is 8.84. The van der Waals surface area contributed by atoms with Crippen molar-refractivity contribution >= 4 is 0 Å². The van der Waals surface area contributed by atoms with Crippen LogP contribution in [0.5, 0.6) is 0 Å². The minimum atomic E-state index is -0.175. The molecule has 1 saturated heterocycles. The Hall–Kier alpha value is -2.92. The number of rotatable bonds is 6. The maximum absolute atomic E-state index is 9.37. The van der Waals surface area contributed by atoms with E-state index in [1.165, 1.54) is 0 Å². The molecule has 2 aliphatic rings. The number of aliphatic hydroxyl groups is 1. The van der Waals surface area contributed by atoms with Crippen molar-refractivity contribution < 1.29 is 19.1 Å². The van der Waals surface area contributed by atoms with Crippen LogP contribution in [0.25, 0.3) is 11.3 Å². The van der Waals surface area contributed by atoms with E-state index in [0.29, 0.717) is 18.2 Å². The summed E-state index contributed by atoms with van der Waals surface area (Å²) in [7, 11) is 0. The summed E-state index contributed by atoms with van der Waals surface area (Å²) >= 11 is 0. The maximum atomic E-state index is 9.37. The topological polar surface area (TPSA) is 82.5 Å². The minimum Gasteiger partial charge on any atom is -0.393 e. The van der Waals surface area contributed by atoms with E-state index < -0.39 is 0 Å². The van der Waals surface area contributed by atoms with Crippen LogP contribution in [0.4, 0.5) is 0 Å². The molecule has 0 amide bonds. The first-order valence-electron chi connectivity index (χ1n) is 11.7. The van der Waals surface area contributed by atoms with Crippen molar-refractivity contribution in [3.8, 4) is 23.2 Å². The molecule has 3 heterocycles. The Labute approximate surface area is 193 Å². The molecule has 172 valence electrons. The van der Waals surface area contributed by atoms with Crippen LogP contribution >= 0.6 is 0 Å². The quantitative estimate of drug-likeness (QED) is 0.567. The van der Waals surface area contributed by atoms with Gasteiger partial charge < -0.3 is 23.7 Å². The fourth-order valence-corrected chi connectivity index (χ4v) is 4.23. The number of aromatic nitrogens is 3. The Bertz CT molecular complexity index is 1110. The molecule has 0 spiro atoms. The Morgan fingerprint density at radius 2 is 2.09 bits per heavy atom. The summed E-state index contributed by atoms with van der Waals surface area (Å²) in [5, 5.41) is 13.6. The average Bonchev–Trinajstić information content (AvgIpc) is 3.47. The number of hydrogen-bond donors (Lipinski definition) is 1. The van der Waals surface area contributed by atoms with E-state index in [-0.39, 0.29) is 18.5 Å². The number of nitrogens with zero attached hydrogens (tertiary/aromatic N) is 3. The summed E-state index contributed by atoms with van der Waals surface area (Å²) < 4.78 is 19.4. The van der Waals surface area contributed by atoms with Crippen molar-refractivity contribution in [2.24, 2.45) is 5.92 Å². The molecule has 1 aliphatic carbocycles. The Morgan fingerprint density at radius 1 is 1.24 bits per heavy atom. The predicted octanol–water partition coefficient (Wildman–Crippen LogP) is 4.31. The van der Waals surface area contributed by atoms with E-state index >= 15 is 0 Å². The van der Waals surface area contributed by atoms with E-state index in [4.69, 9.17) is 14.0 Å². The molecule has 1 aromatic carbocycles. The third-order valence-corrected chi connectivity index (χ3v) is 6.20. The first-order valence-corrected chi connectivity index (χ1v) is 11.7. The second kappa shape index (κ2) is 9.92. The lowest BCUT2D eigenvalue weighted by atomic mass is 9.83. The van der Waals surface area contributed by atoms with Crippen molar-refractivity contribution in [3.63, 3.8) is 0 Å². The summed E-state index contributed by atoms with van der Waals surface area (Å²) in [6.45, 7) is 3.31. The van der Waals surface area contributed by atoms with Crippen LogP contribution < -0.4 is 0 Å². The third-order valence-electron chi connectivity index (χ3n) is 6.20. The Morgan fingerprint density at radius 3 is 2.85 bits per heavy atom. The van der Waals surface area contributed by atoms with Gasteiger partial charge in [0.1, 0.15) is 17.6 Å². The minimum absolute atomic E-state index is 0.162. The number of imidazole rings is 1. The van der Waals surface area contributed by atoms with Crippen molar-refractivity contribution in [1.29, 1.82) is 0 Å². The molecular formula is C26H29N3O4. The lowest BCUT2D eigenvalue weighted by Gasteiger charge is -2.26. The molecule has 0 bridgehead atoms. The molecule has 1 aliphatic heterocycles. The SMILES string of the molecule is CC(OC1CCCCO1)c1nccn1Cc1cc(-c2ccc(C#CC3CC(O)C3)cc2)on1. The molecule has 2 fully saturated rings. The van der Waals surface area contributed by atoms with Gasteiger partial charge in [0, 0.05) is 42.1 Å². The highest BCUT2D eigenvalue weighted by molar-refractivity contribution is 5.59. The van der Waals surface area contributed by atoms with E-state index in [1.807, 2.05) is 48.0 Å². The lowest BCUT2D eigenvalue weighted by Crippen LogP contribution is -2.26. The molecule has 7 nitrogen and oxygen atoms in total. The standard InChI is InChI=1S/C26H29N3O4/c1-18(32-25-4-2-3-13-31-25)26-27-11-12-29(26)17-22-16-24(33-28-22)21-9-7-19(8-10-21)5-6-20-14-23(30)15-20/h7-12,16,18,20,23,25,30H,2-4,13-15,17H2,1H3. The zero-order valence-corrected chi connectivity index (χ0v) is 18.8. The van der Waals surface area contributed by atoms with Gasteiger partial charge in [0.15, 0.2) is 12.1 Å². The van der Waals surface area contributed by atoms with Gasteiger partial charge >= 0.3 is 0 Å². The molecule has 2 aromatic heterocycles. The highest BCUT2D eigenvalue weighted by atomic mass is 16.7. The fourth-order valence-electron chi connectivity index (χ4n) is 4.23. The first-order chi connectivity index (χ1) is 16.1. The molecule has 1 N–H and O–H groups in total. The van der Waals surface area contributed by atoms with E-state index in [0.717, 1.165) is 61.4 Å². The molecule has 2 atom stereocenters. The molecule has 1 saturated carbocycles. The maximum Gasteiger partial charge on any atom is 0.167 e. The predicted molar refractivity (Wildman–Crippen MR) is 122 cm³/mol. The molecule has 2 unspecified atom stereocenters. The average molecular weight is 448 g/mol. The largest absolute Gasteiger partial charge is 0.393 e. The smallest absolute Gasteiger partial charge is 0.167 e. The van der Waals surface area contributed by atoms with Gasteiger partial charge in [-0.3, -0.25) is 0 Å². The summed E-state index contributed by atoms with van der Waals surface area (Å²) in [5.74, 6) is 8.28. The molecule has 3 aromatic rings. The van der Waals surface area contributed by atoms with E-state index in [2.05, 4.69) is 22.0 Å². The lowest BCUT2D eigenvalue weighted by molar-refractivity contribution is -0.188. The van der Waals surface area contributed by atoms with E-state index in [1.54, 1.807) is 6.20 Å². The van der Waals surface area contributed by atoms with Crippen LogP contribution in [0.1, 0.15) is 62.2 Å². The fraction of sp³-hybridized carbons (Fsp3) is 0.462. The van der Waals surface area contributed by atoms with Crippen LogP contribution in [0.15, 0.2) is 47.2 Å². The van der Waals surface area contributed by atoms with Crippen molar-refractivity contribution in [1.82, 2.24) is 14.7 Å². The summed E-state index contributed by atoms with van der Waals surface area (Å²) in [6.07, 6.45) is 7.91. The third kappa shape index (κ3) is 5.36.